The number of aliphatic hydroxyl groups is 1. The maximum absolute atomic E-state index is 10.2. The van der Waals surface area contributed by atoms with Crippen molar-refractivity contribution in [3.8, 4) is 11.5 Å². The minimum Gasteiger partial charge on any atom is -0.493 e. The van der Waals surface area contributed by atoms with Crippen LogP contribution in [0.25, 0.3) is 11.0 Å². The average Bonchev–Trinajstić information content (AvgIpc) is 3.14. The van der Waals surface area contributed by atoms with Crippen molar-refractivity contribution >= 4 is 11.0 Å². The Morgan fingerprint density at radius 3 is 2.55 bits per heavy atom. The Balaban J connectivity index is 1.57. The summed E-state index contributed by atoms with van der Waals surface area (Å²) >= 11 is 0. The molecule has 0 bridgehead atoms. The molecule has 31 heavy (non-hydrogen) atoms. The molecule has 0 fully saturated rings. The van der Waals surface area contributed by atoms with Crippen LogP contribution in [0, 0.1) is 0 Å². The van der Waals surface area contributed by atoms with Crippen LogP contribution in [0.3, 0.4) is 0 Å². The highest BCUT2D eigenvalue weighted by atomic mass is 16.5. The Labute approximate surface area is 184 Å². The Kier molecular flexibility index (Phi) is 7.90. The van der Waals surface area contributed by atoms with Crippen molar-refractivity contribution in [2.45, 2.75) is 39.1 Å². The van der Waals surface area contributed by atoms with E-state index >= 15 is 0 Å². The van der Waals surface area contributed by atoms with E-state index in [9.17, 15) is 5.11 Å². The van der Waals surface area contributed by atoms with E-state index in [0.717, 1.165) is 29.0 Å². The Bertz CT molecular complexity index is 939. The highest BCUT2D eigenvalue weighted by Gasteiger charge is 2.14. The summed E-state index contributed by atoms with van der Waals surface area (Å²) in [5.74, 6) is 2.24. The summed E-state index contributed by atoms with van der Waals surface area (Å²) in [5.41, 5.74) is 3.15. The molecule has 0 aliphatic heterocycles. The third-order valence-corrected chi connectivity index (χ3v) is 5.35. The van der Waals surface area contributed by atoms with Crippen LogP contribution in [-0.2, 0) is 13.1 Å². The summed E-state index contributed by atoms with van der Waals surface area (Å²) in [6, 6.07) is 14.3. The molecule has 7 heteroatoms. The lowest BCUT2D eigenvalue weighted by atomic mass is 10.2. The molecule has 0 saturated carbocycles. The molecular formula is C24H34N4O3. The fourth-order valence-electron chi connectivity index (χ4n) is 3.42. The summed E-state index contributed by atoms with van der Waals surface area (Å²) < 4.78 is 11.4. The summed E-state index contributed by atoms with van der Waals surface area (Å²) in [6.45, 7) is 6.44. The standard InChI is InChI=1S/C24H34N4O3/c1-17(2)28(4)14-19(29)16-31-22-11-10-18(12-23(22)30-5)13-27(3)15-24-25-20-8-6-7-9-21(20)26-24/h6-12,17,19,29H,13-16H2,1-5H3,(H,25,26). The molecule has 0 saturated heterocycles. The molecule has 7 nitrogen and oxygen atoms in total. The monoisotopic (exact) mass is 426 g/mol. The zero-order valence-electron chi connectivity index (χ0n) is 19.1. The number of hydrogen-bond acceptors (Lipinski definition) is 6. The van der Waals surface area contributed by atoms with E-state index in [1.54, 1.807) is 7.11 Å². The molecule has 1 unspecified atom stereocenters. The van der Waals surface area contributed by atoms with Gasteiger partial charge in [-0.1, -0.05) is 18.2 Å². The fraction of sp³-hybridized carbons (Fsp3) is 0.458. The number of ether oxygens (including phenoxy) is 2. The summed E-state index contributed by atoms with van der Waals surface area (Å²) in [7, 11) is 5.68. The summed E-state index contributed by atoms with van der Waals surface area (Å²) in [5, 5.41) is 10.2. The first-order valence-electron chi connectivity index (χ1n) is 10.7. The number of imidazole rings is 1. The Morgan fingerprint density at radius 1 is 1.06 bits per heavy atom. The number of nitrogens with zero attached hydrogens (tertiary/aromatic N) is 3. The van der Waals surface area contributed by atoms with Crippen molar-refractivity contribution in [1.82, 2.24) is 19.8 Å². The number of methoxy groups -OCH3 is 1. The van der Waals surface area contributed by atoms with E-state index in [-0.39, 0.29) is 6.61 Å². The molecule has 0 spiro atoms. The number of likely N-dealkylation sites (N-methyl/N-ethyl adjacent to an activating group) is 1. The highest BCUT2D eigenvalue weighted by Crippen LogP contribution is 2.29. The van der Waals surface area contributed by atoms with Crippen LogP contribution in [0.4, 0.5) is 0 Å². The van der Waals surface area contributed by atoms with Crippen molar-refractivity contribution in [3.05, 3.63) is 53.9 Å². The molecule has 2 aromatic carbocycles. The number of H-pyrrole nitrogens is 1. The Hall–Kier alpha value is -2.61. The fourth-order valence-corrected chi connectivity index (χ4v) is 3.42. The SMILES string of the molecule is COc1cc(CN(C)Cc2nc3ccccc3[nH]2)ccc1OCC(O)CN(C)C(C)C. The van der Waals surface area contributed by atoms with Gasteiger partial charge in [-0.05, 0) is 57.8 Å². The second-order valence-electron chi connectivity index (χ2n) is 8.36. The number of fused-ring (bicyclic) bond motifs is 1. The van der Waals surface area contributed by atoms with Gasteiger partial charge >= 0.3 is 0 Å². The third-order valence-electron chi connectivity index (χ3n) is 5.35. The number of nitrogens with one attached hydrogen (secondary N) is 1. The maximum Gasteiger partial charge on any atom is 0.161 e. The molecule has 0 aliphatic rings. The topological polar surface area (TPSA) is 73.8 Å². The van der Waals surface area contributed by atoms with Crippen LogP contribution in [-0.4, -0.2) is 71.4 Å². The second-order valence-corrected chi connectivity index (χ2v) is 8.36. The van der Waals surface area contributed by atoms with Gasteiger partial charge in [0, 0.05) is 19.1 Å². The van der Waals surface area contributed by atoms with Crippen LogP contribution in [0.5, 0.6) is 11.5 Å². The molecular weight excluding hydrogens is 392 g/mol. The molecule has 2 N–H and O–H groups in total. The van der Waals surface area contributed by atoms with Gasteiger partial charge in [-0.25, -0.2) is 4.98 Å². The molecule has 1 aromatic heterocycles. The maximum atomic E-state index is 10.2. The zero-order valence-corrected chi connectivity index (χ0v) is 19.1. The lowest BCUT2D eigenvalue weighted by Gasteiger charge is -2.24. The van der Waals surface area contributed by atoms with Gasteiger partial charge in [0.25, 0.3) is 0 Å². The summed E-state index contributed by atoms with van der Waals surface area (Å²) in [6.07, 6.45) is -0.563. The minimum atomic E-state index is -0.563. The number of para-hydroxylation sites is 2. The van der Waals surface area contributed by atoms with Gasteiger partial charge in [0.1, 0.15) is 18.5 Å². The number of aromatic nitrogens is 2. The average molecular weight is 427 g/mol. The van der Waals surface area contributed by atoms with Gasteiger partial charge in [-0.15, -0.1) is 0 Å². The lowest BCUT2D eigenvalue weighted by molar-refractivity contribution is 0.0668. The van der Waals surface area contributed by atoms with E-state index < -0.39 is 6.10 Å². The van der Waals surface area contributed by atoms with Crippen molar-refractivity contribution in [2.75, 3.05) is 34.4 Å². The third kappa shape index (κ3) is 6.43. The molecule has 168 valence electrons. The van der Waals surface area contributed by atoms with E-state index in [1.165, 1.54) is 0 Å². The van der Waals surface area contributed by atoms with Crippen LogP contribution in [0.1, 0.15) is 25.2 Å². The summed E-state index contributed by atoms with van der Waals surface area (Å²) in [4.78, 5) is 12.3. The molecule has 0 amide bonds. The van der Waals surface area contributed by atoms with Crippen molar-refractivity contribution in [3.63, 3.8) is 0 Å². The van der Waals surface area contributed by atoms with Gasteiger partial charge < -0.3 is 24.5 Å². The van der Waals surface area contributed by atoms with E-state index in [0.29, 0.717) is 30.6 Å². The van der Waals surface area contributed by atoms with Crippen molar-refractivity contribution < 1.29 is 14.6 Å². The number of rotatable bonds is 11. The molecule has 1 heterocycles. The zero-order chi connectivity index (χ0) is 22.4. The number of benzene rings is 2. The van der Waals surface area contributed by atoms with Gasteiger partial charge in [0.15, 0.2) is 11.5 Å². The molecule has 1 atom stereocenters. The van der Waals surface area contributed by atoms with Gasteiger partial charge in [0.05, 0.1) is 24.7 Å². The van der Waals surface area contributed by atoms with E-state index in [1.807, 2.05) is 49.5 Å². The van der Waals surface area contributed by atoms with Crippen LogP contribution in [0.15, 0.2) is 42.5 Å². The first-order valence-corrected chi connectivity index (χ1v) is 10.7. The first-order chi connectivity index (χ1) is 14.9. The van der Waals surface area contributed by atoms with E-state index in [4.69, 9.17) is 9.47 Å². The molecule has 0 radical (unpaired) electrons. The normalized spacial score (nSPS) is 12.8. The number of hydrogen-bond donors (Lipinski definition) is 2. The first kappa shape index (κ1) is 23.1. The number of aromatic amines is 1. The van der Waals surface area contributed by atoms with E-state index in [2.05, 4.69) is 40.7 Å². The van der Waals surface area contributed by atoms with Gasteiger partial charge in [-0.3, -0.25) is 4.90 Å². The smallest absolute Gasteiger partial charge is 0.161 e. The van der Waals surface area contributed by atoms with Crippen LogP contribution < -0.4 is 9.47 Å². The second kappa shape index (κ2) is 10.6. The lowest BCUT2D eigenvalue weighted by Crippen LogP contribution is -2.36. The largest absolute Gasteiger partial charge is 0.493 e. The predicted octanol–water partition coefficient (Wildman–Crippen LogP) is 3.28. The highest BCUT2D eigenvalue weighted by molar-refractivity contribution is 5.74. The molecule has 0 aliphatic carbocycles. The van der Waals surface area contributed by atoms with Crippen LogP contribution in [0.2, 0.25) is 0 Å². The Morgan fingerprint density at radius 2 is 1.84 bits per heavy atom. The number of aliphatic hydroxyl groups excluding tert-OH is 1. The van der Waals surface area contributed by atoms with Crippen molar-refractivity contribution in [2.24, 2.45) is 0 Å². The van der Waals surface area contributed by atoms with Gasteiger partial charge in [-0.2, -0.15) is 0 Å². The van der Waals surface area contributed by atoms with Crippen molar-refractivity contribution in [1.29, 1.82) is 0 Å². The molecule has 3 aromatic rings. The minimum absolute atomic E-state index is 0.221. The van der Waals surface area contributed by atoms with Gasteiger partial charge in [0.2, 0.25) is 0 Å². The predicted molar refractivity (Wildman–Crippen MR) is 124 cm³/mol. The quantitative estimate of drug-likeness (QED) is 0.490. The van der Waals surface area contributed by atoms with Crippen LogP contribution >= 0.6 is 0 Å². The molecule has 3 rings (SSSR count).